The van der Waals surface area contributed by atoms with E-state index in [1.165, 1.54) is 11.3 Å². The van der Waals surface area contributed by atoms with Gasteiger partial charge in [-0.25, -0.2) is 9.97 Å². The van der Waals surface area contributed by atoms with Crippen LogP contribution in [0.3, 0.4) is 0 Å². The van der Waals surface area contributed by atoms with Crippen molar-refractivity contribution < 1.29 is 0 Å². The number of aromatic nitrogens is 3. The Morgan fingerprint density at radius 3 is 2.89 bits per heavy atom. The molecule has 3 aromatic rings. The fourth-order valence-electron chi connectivity index (χ4n) is 2.01. The molecule has 0 aliphatic heterocycles. The van der Waals surface area contributed by atoms with Crippen molar-refractivity contribution in [3.05, 3.63) is 28.1 Å². The molecule has 0 unspecified atom stereocenters. The first-order valence-electron chi connectivity index (χ1n) is 5.56. The second kappa shape index (κ2) is 4.37. The second-order valence-corrected chi connectivity index (χ2v) is 5.69. The van der Waals surface area contributed by atoms with E-state index in [-0.39, 0.29) is 0 Å². The molecule has 3 rings (SSSR count). The maximum Gasteiger partial charge on any atom is 0.180 e. The van der Waals surface area contributed by atoms with Crippen molar-refractivity contribution in [3.8, 4) is 11.5 Å². The fraction of sp³-hybridized carbons (Fsp3) is 0.167. The van der Waals surface area contributed by atoms with Crippen LogP contribution in [0.15, 0.2) is 28.1 Å². The van der Waals surface area contributed by atoms with Crippen molar-refractivity contribution in [1.82, 2.24) is 14.5 Å². The molecule has 2 N–H and O–H groups in total. The molecular weight excluding hydrogens is 312 g/mol. The number of thiazole rings is 1. The van der Waals surface area contributed by atoms with Crippen LogP contribution in [0.4, 0.5) is 5.13 Å². The summed E-state index contributed by atoms with van der Waals surface area (Å²) in [4.78, 5) is 8.96. The van der Waals surface area contributed by atoms with Crippen LogP contribution in [0.25, 0.3) is 22.6 Å². The van der Waals surface area contributed by atoms with Crippen molar-refractivity contribution in [1.29, 1.82) is 0 Å². The normalized spacial score (nSPS) is 11.2. The quantitative estimate of drug-likeness (QED) is 0.785. The molecule has 1 aromatic carbocycles. The standard InChI is InChI=1S/C12H11BrN4S/c1-2-17-10-4-3-7(13)5-8(10)15-11(17)9-6-18-12(14)16-9/h3-6H,2H2,1H3,(H2,14,16). The van der Waals surface area contributed by atoms with E-state index in [1.807, 2.05) is 17.5 Å². The second-order valence-electron chi connectivity index (χ2n) is 3.88. The number of nitrogens with two attached hydrogens (primary N) is 1. The fourth-order valence-corrected chi connectivity index (χ4v) is 2.90. The van der Waals surface area contributed by atoms with Crippen molar-refractivity contribution in [3.63, 3.8) is 0 Å². The lowest BCUT2D eigenvalue weighted by atomic mass is 10.3. The molecular formula is C12H11BrN4S. The summed E-state index contributed by atoms with van der Waals surface area (Å²) < 4.78 is 3.18. The van der Waals surface area contributed by atoms with E-state index in [1.54, 1.807) is 0 Å². The molecule has 0 radical (unpaired) electrons. The Balaban J connectivity index is 2.28. The molecule has 0 atom stereocenters. The van der Waals surface area contributed by atoms with E-state index in [4.69, 9.17) is 5.73 Å². The molecule has 2 heterocycles. The van der Waals surface area contributed by atoms with E-state index < -0.39 is 0 Å². The Hall–Kier alpha value is -1.40. The van der Waals surface area contributed by atoms with Gasteiger partial charge in [0.25, 0.3) is 0 Å². The Labute approximate surface area is 117 Å². The summed E-state index contributed by atoms with van der Waals surface area (Å²) >= 11 is 4.90. The van der Waals surface area contributed by atoms with E-state index in [2.05, 4.69) is 43.5 Å². The SMILES string of the molecule is CCn1c(-c2csc(N)n2)nc2cc(Br)ccc21. The number of benzene rings is 1. The number of imidazole rings is 1. The lowest BCUT2D eigenvalue weighted by Crippen LogP contribution is -1.97. The first kappa shape index (κ1) is 11.7. The maximum atomic E-state index is 5.69. The van der Waals surface area contributed by atoms with E-state index in [9.17, 15) is 0 Å². The first-order chi connectivity index (χ1) is 8.69. The van der Waals surface area contributed by atoms with Crippen LogP contribution in [0.5, 0.6) is 0 Å². The van der Waals surface area contributed by atoms with Crippen LogP contribution in [-0.4, -0.2) is 14.5 Å². The predicted octanol–water partition coefficient (Wildman–Crippen LogP) is 3.52. The molecule has 0 amide bonds. The third-order valence-corrected chi connectivity index (χ3v) is 3.94. The summed E-state index contributed by atoms with van der Waals surface area (Å²) in [6.45, 7) is 2.95. The number of fused-ring (bicyclic) bond motifs is 1. The van der Waals surface area contributed by atoms with Gasteiger partial charge in [0.1, 0.15) is 5.69 Å². The molecule has 6 heteroatoms. The lowest BCUT2D eigenvalue weighted by Gasteiger charge is -2.03. The third kappa shape index (κ3) is 1.81. The summed E-state index contributed by atoms with van der Waals surface area (Å²) in [7, 11) is 0. The predicted molar refractivity (Wildman–Crippen MR) is 78.6 cm³/mol. The zero-order valence-electron chi connectivity index (χ0n) is 9.72. The van der Waals surface area contributed by atoms with E-state index in [0.29, 0.717) is 5.13 Å². The number of nitrogen functional groups attached to an aromatic ring is 1. The molecule has 0 aliphatic rings. The monoisotopic (exact) mass is 322 g/mol. The maximum absolute atomic E-state index is 5.69. The lowest BCUT2D eigenvalue weighted by molar-refractivity contribution is 0.794. The van der Waals surface area contributed by atoms with Gasteiger partial charge in [0.2, 0.25) is 0 Å². The number of nitrogens with zero attached hydrogens (tertiary/aromatic N) is 3. The van der Waals surface area contributed by atoms with Crippen molar-refractivity contribution in [2.45, 2.75) is 13.5 Å². The van der Waals surface area contributed by atoms with Crippen molar-refractivity contribution in [2.75, 3.05) is 5.73 Å². The van der Waals surface area contributed by atoms with Crippen LogP contribution in [0.2, 0.25) is 0 Å². The van der Waals surface area contributed by atoms with Crippen LogP contribution in [0, 0.1) is 0 Å². The minimum atomic E-state index is 0.570. The van der Waals surface area contributed by atoms with Crippen LogP contribution in [-0.2, 0) is 6.54 Å². The van der Waals surface area contributed by atoms with E-state index >= 15 is 0 Å². The van der Waals surface area contributed by atoms with Crippen molar-refractivity contribution >= 4 is 43.4 Å². The highest BCUT2D eigenvalue weighted by molar-refractivity contribution is 9.10. The van der Waals surface area contributed by atoms with Crippen molar-refractivity contribution in [2.24, 2.45) is 0 Å². The molecule has 92 valence electrons. The number of hydrogen-bond donors (Lipinski definition) is 1. The number of aryl methyl sites for hydroxylation is 1. The highest BCUT2D eigenvalue weighted by atomic mass is 79.9. The number of rotatable bonds is 2. The van der Waals surface area contributed by atoms with E-state index in [0.717, 1.165) is 33.6 Å². The number of hydrogen-bond acceptors (Lipinski definition) is 4. The molecule has 4 nitrogen and oxygen atoms in total. The van der Waals surface area contributed by atoms with Gasteiger partial charge in [-0.2, -0.15) is 0 Å². The topological polar surface area (TPSA) is 56.7 Å². The number of anilines is 1. The van der Waals surface area contributed by atoms with Gasteiger partial charge in [-0.05, 0) is 25.1 Å². The Morgan fingerprint density at radius 2 is 2.22 bits per heavy atom. The van der Waals surface area contributed by atoms with Gasteiger partial charge in [-0.15, -0.1) is 11.3 Å². The summed E-state index contributed by atoms with van der Waals surface area (Å²) in [5, 5.41) is 2.51. The molecule has 0 saturated heterocycles. The summed E-state index contributed by atoms with van der Waals surface area (Å²) in [6.07, 6.45) is 0. The molecule has 0 fully saturated rings. The largest absolute Gasteiger partial charge is 0.375 e. The average molecular weight is 323 g/mol. The minimum Gasteiger partial charge on any atom is -0.375 e. The van der Waals surface area contributed by atoms with Gasteiger partial charge in [0.05, 0.1) is 11.0 Å². The van der Waals surface area contributed by atoms with Gasteiger partial charge in [-0.1, -0.05) is 15.9 Å². The van der Waals surface area contributed by atoms with Gasteiger partial charge < -0.3 is 10.3 Å². The zero-order chi connectivity index (χ0) is 12.7. The van der Waals surface area contributed by atoms with Crippen LogP contribution < -0.4 is 5.73 Å². The van der Waals surface area contributed by atoms with Crippen LogP contribution in [0.1, 0.15) is 6.92 Å². The Kier molecular flexibility index (Phi) is 2.83. The molecule has 2 aromatic heterocycles. The first-order valence-corrected chi connectivity index (χ1v) is 7.23. The minimum absolute atomic E-state index is 0.570. The third-order valence-electron chi connectivity index (χ3n) is 2.78. The van der Waals surface area contributed by atoms with Gasteiger partial charge >= 0.3 is 0 Å². The zero-order valence-corrected chi connectivity index (χ0v) is 12.1. The highest BCUT2D eigenvalue weighted by Crippen LogP contribution is 2.28. The Bertz CT molecular complexity index is 716. The average Bonchev–Trinajstić information content (AvgIpc) is 2.91. The van der Waals surface area contributed by atoms with Gasteiger partial charge in [0.15, 0.2) is 11.0 Å². The molecule has 0 aliphatic carbocycles. The Morgan fingerprint density at radius 1 is 1.39 bits per heavy atom. The highest BCUT2D eigenvalue weighted by Gasteiger charge is 2.13. The summed E-state index contributed by atoms with van der Waals surface area (Å²) in [6, 6.07) is 6.10. The van der Waals surface area contributed by atoms with Gasteiger partial charge in [0, 0.05) is 16.4 Å². The molecule has 0 bridgehead atoms. The summed E-state index contributed by atoms with van der Waals surface area (Å²) in [5.41, 5.74) is 8.61. The molecule has 0 saturated carbocycles. The molecule has 18 heavy (non-hydrogen) atoms. The van der Waals surface area contributed by atoms with Crippen LogP contribution >= 0.6 is 27.3 Å². The summed E-state index contributed by atoms with van der Waals surface area (Å²) in [5.74, 6) is 0.874. The number of halogens is 1. The molecule has 0 spiro atoms. The van der Waals surface area contributed by atoms with Gasteiger partial charge in [-0.3, -0.25) is 0 Å². The smallest absolute Gasteiger partial charge is 0.180 e.